The van der Waals surface area contributed by atoms with Crippen LogP contribution in [-0.4, -0.2) is 46.9 Å². The molecule has 0 N–H and O–H groups in total. The monoisotopic (exact) mass is 369 g/mol. The third-order valence-corrected chi connectivity index (χ3v) is 7.08. The minimum atomic E-state index is -0.292. The first-order valence-corrected chi connectivity index (χ1v) is 10.4. The Labute approximate surface area is 159 Å². The standard InChI is InChI=1S/C21H27N3OS/c1-20(2)16-21(20,18-7-4-13-26-18)19(25)24-10-5-9-23(11-12-24)15-17-6-3-8-22-14-17/h3-4,6-8,13-14H,5,9-12,15-16H2,1-2H3/t21-/m1/s1. The lowest BCUT2D eigenvalue weighted by Crippen LogP contribution is -2.43. The quantitative estimate of drug-likeness (QED) is 0.827. The van der Waals surface area contributed by atoms with E-state index in [9.17, 15) is 4.79 Å². The van der Waals surface area contributed by atoms with Gasteiger partial charge in [0.05, 0.1) is 5.41 Å². The Morgan fingerprint density at radius 2 is 2.04 bits per heavy atom. The second-order valence-electron chi connectivity index (χ2n) is 8.23. The largest absolute Gasteiger partial charge is 0.341 e. The molecule has 2 aromatic heterocycles. The van der Waals surface area contributed by atoms with Gasteiger partial charge in [-0.15, -0.1) is 11.3 Å². The predicted molar refractivity (Wildman–Crippen MR) is 105 cm³/mol. The molecule has 0 spiro atoms. The van der Waals surface area contributed by atoms with Gasteiger partial charge in [-0.25, -0.2) is 0 Å². The average molecular weight is 370 g/mol. The minimum Gasteiger partial charge on any atom is -0.341 e. The minimum absolute atomic E-state index is 0.0661. The highest BCUT2D eigenvalue weighted by atomic mass is 32.1. The van der Waals surface area contributed by atoms with Crippen LogP contribution in [-0.2, 0) is 16.8 Å². The summed E-state index contributed by atoms with van der Waals surface area (Å²) in [6.07, 6.45) is 5.75. The molecule has 0 radical (unpaired) electrons. The zero-order valence-corrected chi connectivity index (χ0v) is 16.5. The molecule has 0 aromatic carbocycles. The van der Waals surface area contributed by atoms with E-state index in [0.717, 1.165) is 45.6 Å². The summed E-state index contributed by atoms with van der Waals surface area (Å²) in [7, 11) is 0. The number of hydrogen-bond donors (Lipinski definition) is 0. The molecule has 4 rings (SSSR count). The summed E-state index contributed by atoms with van der Waals surface area (Å²) < 4.78 is 0. The van der Waals surface area contributed by atoms with E-state index in [1.54, 1.807) is 11.3 Å². The van der Waals surface area contributed by atoms with Crippen LogP contribution in [0, 0.1) is 5.41 Å². The molecule has 1 saturated heterocycles. The molecule has 0 unspecified atom stereocenters. The van der Waals surface area contributed by atoms with E-state index in [4.69, 9.17) is 0 Å². The number of pyridine rings is 1. The highest BCUT2D eigenvalue weighted by Gasteiger charge is 2.68. The molecule has 0 bridgehead atoms. The highest BCUT2D eigenvalue weighted by molar-refractivity contribution is 7.10. The summed E-state index contributed by atoms with van der Waals surface area (Å²) in [6, 6.07) is 8.33. The summed E-state index contributed by atoms with van der Waals surface area (Å²) in [5, 5.41) is 2.09. The van der Waals surface area contributed by atoms with Gasteiger partial charge in [0, 0.05) is 50.0 Å². The lowest BCUT2D eigenvalue weighted by Gasteiger charge is -2.28. The van der Waals surface area contributed by atoms with Crippen molar-refractivity contribution in [2.24, 2.45) is 5.41 Å². The van der Waals surface area contributed by atoms with Crippen molar-refractivity contribution >= 4 is 17.2 Å². The number of carbonyl (C=O) groups excluding carboxylic acids is 1. The molecule has 1 atom stereocenters. The second kappa shape index (κ2) is 6.78. The van der Waals surface area contributed by atoms with Crippen molar-refractivity contribution < 1.29 is 4.79 Å². The molecular weight excluding hydrogens is 342 g/mol. The van der Waals surface area contributed by atoms with E-state index in [1.807, 2.05) is 18.5 Å². The lowest BCUT2D eigenvalue weighted by molar-refractivity contribution is -0.134. The second-order valence-corrected chi connectivity index (χ2v) is 9.17. The van der Waals surface area contributed by atoms with E-state index < -0.39 is 0 Å². The van der Waals surface area contributed by atoms with Crippen molar-refractivity contribution in [1.82, 2.24) is 14.8 Å². The maximum atomic E-state index is 13.5. The van der Waals surface area contributed by atoms with Gasteiger partial charge in [0.1, 0.15) is 0 Å². The molecular formula is C21H27N3OS. The zero-order chi connectivity index (χ0) is 18.2. The topological polar surface area (TPSA) is 36.4 Å². The van der Waals surface area contributed by atoms with Crippen molar-refractivity contribution in [3.8, 4) is 0 Å². The van der Waals surface area contributed by atoms with Gasteiger partial charge >= 0.3 is 0 Å². The van der Waals surface area contributed by atoms with Crippen LogP contribution >= 0.6 is 11.3 Å². The highest BCUT2D eigenvalue weighted by Crippen LogP contribution is 2.66. The maximum Gasteiger partial charge on any atom is 0.234 e. The molecule has 4 nitrogen and oxygen atoms in total. The van der Waals surface area contributed by atoms with Crippen LogP contribution in [0.4, 0.5) is 0 Å². The van der Waals surface area contributed by atoms with Crippen LogP contribution in [0.25, 0.3) is 0 Å². The number of carbonyl (C=O) groups is 1. The number of aromatic nitrogens is 1. The van der Waals surface area contributed by atoms with E-state index in [1.165, 1.54) is 10.4 Å². The molecule has 1 saturated carbocycles. The third kappa shape index (κ3) is 3.08. The Hall–Kier alpha value is -1.72. The normalized spacial score (nSPS) is 25.7. The SMILES string of the molecule is CC1(C)C[C@]1(C(=O)N1CCCN(Cc2cccnc2)CC1)c1cccs1. The molecule has 26 heavy (non-hydrogen) atoms. The van der Waals surface area contributed by atoms with Crippen LogP contribution in [0.15, 0.2) is 42.0 Å². The van der Waals surface area contributed by atoms with E-state index in [-0.39, 0.29) is 10.8 Å². The summed E-state index contributed by atoms with van der Waals surface area (Å²) in [5.74, 6) is 0.341. The Morgan fingerprint density at radius 3 is 2.69 bits per heavy atom. The molecule has 1 aliphatic carbocycles. The Balaban J connectivity index is 1.45. The molecule has 2 aliphatic rings. The molecule has 1 amide bonds. The summed E-state index contributed by atoms with van der Waals surface area (Å²) in [5.41, 5.74) is 1.02. The number of thiophene rings is 1. The van der Waals surface area contributed by atoms with Gasteiger partial charge in [-0.1, -0.05) is 26.0 Å². The summed E-state index contributed by atoms with van der Waals surface area (Å²) in [6.45, 7) is 9.04. The van der Waals surface area contributed by atoms with Crippen LogP contribution in [0.1, 0.15) is 37.1 Å². The van der Waals surface area contributed by atoms with E-state index >= 15 is 0 Å². The molecule has 2 aromatic rings. The maximum absolute atomic E-state index is 13.5. The first-order chi connectivity index (χ1) is 12.5. The van der Waals surface area contributed by atoms with Gasteiger partial charge in [-0.05, 0) is 41.3 Å². The smallest absolute Gasteiger partial charge is 0.234 e. The van der Waals surface area contributed by atoms with Crippen molar-refractivity contribution in [2.45, 2.75) is 38.6 Å². The Kier molecular flexibility index (Phi) is 4.61. The Bertz CT molecular complexity index is 759. The number of rotatable bonds is 4. The number of nitrogens with zero attached hydrogens (tertiary/aromatic N) is 3. The van der Waals surface area contributed by atoms with Gasteiger partial charge in [-0.3, -0.25) is 14.7 Å². The van der Waals surface area contributed by atoms with Gasteiger partial charge in [0.15, 0.2) is 0 Å². The van der Waals surface area contributed by atoms with Crippen molar-refractivity contribution in [3.63, 3.8) is 0 Å². The van der Waals surface area contributed by atoms with Crippen LogP contribution in [0.2, 0.25) is 0 Å². The van der Waals surface area contributed by atoms with E-state index in [2.05, 4.69) is 52.2 Å². The third-order valence-electron chi connectivity index (χ3n) is 6.05. The van der Waals surface area contributed by atoms with Crippen molar-refractivity contribution in [2.75, 3.05) is 26.2 Å². The Morgan fingerprint density at radius 1 is 1.19 bits per heavy atom. The van der Waals surface area contributed by atoms with Gasteiger partial charge < -0.3 is 4.90 Å². The van der Waals surface area contributed by atoms with Gasteiger partial charge in [0.2, 0.25) is 5.91 Å². The van der Waals surface area contributed by atoms with E-state index in [0.29, 0.717) is 5.91 Å². The van der Waals surface area contributed by atoms with Crippen LogP contribution in [0.5, 0.6) is 0 Å². The summed E-state index contributed by atoms with van der Waals surface area (Å²) in [4.78, 5) is 23.5. The molecule has 2 fully saturated rings. The predicted octanol–water partition coefficient (Wildman–Crippen LogP) is 3.55. The van der Waals surface area contributed by atoms with Crippen LogP contribution < -0.4 is 0 Å². The zero-order valence-electron chi connectivity index (χ0n) is 15.6. The summed E-state index contributed by atoms with van der Waals surface area (Å²) >= 11 is 1.73. The van der Waals surface area contributed by atoms with Crippen LogP contribution in [0.3, 0.4) is 0 Å². The average Bonchev–Trinajstić information content (AvgIpc) is 2.98. The fraction of sp³-hybridized carbons (Fsp3) is 0.524. The first-order valence-electron chi connectivity index (χ1n) is 9.48. The van der Waals surface area contributed by atoms with Gasteiger partial charge in [-0.2, -0.15) is 0 Å². The molecule has 5 heteroatoms. The first kappa shape index (κ1) is 17.7. The molecule has 1 aliphatic heterocycles. The lowest BCUT2D eigenvalue weighted by atomic mass is 9.92. The van der Waals surface area contributed by atoms with Crippen molar-refractivity contribution in [1.29, 1.82) is 0 Å². The number of amides is 1. The molecule has 138 valence electrons. The fourth-order valence-corrected chi connectivity index (χ4v) is 5.48. The molecule has 3 heterocycles. The van der Waals surface area contributed by atoms with Gasteiger partial charge in [0.25, 0.3) is 0 Å². The number of hydrogen-bond acceptors (Lipinski definition) is 4. The fourth-order valence-electron chi connectivity index (χ4n) is 4.38. The van der Waals surface area contributed by atoms with Crippen molar-refractivity contribution in [3.05, 3.63) is 52.5 Å².